The average Bonchev–Trinajstić information content (AvgIpc) is 2.84. The van der Waals surface area contributed by atoms with Crippen LogP contribution >= 0.6 is 0 Å². The molecule has 176 valence electrons. The monoisotopic (exact) mass is 448 g/mol. The molecule has 0 saturated heterocycles. The molecule has 0 amide bonds. The van der Waals surface area contributed by atoms with Crippen LogP contribution in [0.2, 0.25) is 0 Å². The molecular formula is C24H32O8. The van der Waals surface area contributed by atoms with Crippen molar-refractivity contribution in [2.75, 3.05) is 0 Å². The Balaban J connectivity index is 1.95. The van der Waals surface area contributed by atoms with Gasteiger partial charge in [0.25, 0.3) is 0 Å². The topological polar surface area (TPSA) is 127 Å². The highest BCUT2D eigenvalue weighted by molar-refractivity contribution is 6.08. The number of esters is 2. The molecule has 32 heavy (non-hydrogen) atoms. The van der Waals surface area contributed by atoms with Crippen molar-refractivity contribution in [3.63, 3.8) is 0 Å². The number of ether oxygens (including phenoxy) is 2. The van der Waals surface area contributed by atoms with E-state index < -0.39 is 70.2 Å². The summed E-state index contributed by atoms with van der Waals surface area (Å²) in [6, 6.07) is 0. The summed E-state index contributed by atoms with van der Waals surface area (Å²) >= 11 is 0. The molecule has 0 aromatic rings. The third kappa shape index (κ3) is 2.68. The van der Waals surface area contributed by atoms with Crippen LogP contribution in [0.1, 0.15) is 53.9 Å². The number of hydrogen-bond donors (Lipinski definition) is 2. The lowest BCUT2D eigenvalue weighted by Gasteiger charge is -2.66. The van der Waals surface area contributed by atoms with Gasteiger partial charge in [-0.05, 0) is 24.3 Å². The van der Waals surface area contributed by atoms with Crippen LogP contribution in [0, 0.1) is 34.0 Å². The Hall–Kier alpha value is -2.06. The maximum absolute atomic E-state index is 14.1. The van der Waals surface area contributed by atoms with Crippen LogP contribution in [0.15, 0.2) is 12.2 Å². The minimum absolute atomic E-state index is 0.0724. The van der Waals surface area contributed by atoms with Crippen LogP contribution in [0.3, 0.4) is 0 Å². The van der Waals surface area contributed by atoms with Crippen LogP contribution in [-0.4, -0.2) is 58.1 Å². The van der Waals surface area contributed by atoms with Gasteiger partial charge in [-0.25, -0.2) is 0 Å². The molecular weight excluding hydrogens is 416 g/mol. The SMILES string of the molecule is C=C1C(=O)[C@]23CC1C[C@H](O)[C@H]2C1(C)C(O)C[C@H](OC(C)=O)C(C)(C)[C@H]1C(=O)[C@@H]3OC(C)=O. The highest BCUT2D eigenvalue weighted by atomic mass is 16.6. The summed E-state index contributed by atoms with van der Waals surface area (Å²) in [5.74, 6) is -4.12. The van der Waals surface area contributed by atoms with Gasteiger partial charge >= 0.3 is 11.9 Å². The molecule has 9 atom stereocenters. The van der Waals surface area contributed by atoms with Gasteiger partial charge in [-0.15, -0.1) is 0 Å². The van der Waals surface area contributed by atoms with Gasteiger partial charge in [-0.2, -0.15) is 0 Å². The van der Waals surface area contributed by atoms with Gasteiger partial charge in [0.2, 0.25) is 0 Å². The molecule has 1 spiro atoms. The van der Waals surface area contributed by atoms with Gasteiger partial charge in [0.15, 0.2) is 17.7 Å². The molecule has 8 heteroatoms. The molecule has 8 nitrogen and oxygen atoms in total. The fourth-order valence-electron chi connectivity index (χ4n) is 7.87. The third-order valence-electron chi connectivity index (χ3n) is 8.88. The van der Waals surface area contributed by atoms with Crippen LogP contribution in [0.25, 0.3) is 0 Å². The smallest absolute Gasteiger partial charge is 0.303 e. The number of aliphatic hydroxyl groups is 2. The first-order valence-corrected chi connectivity index (χ1v) is 11.2. The first-order chi connectivity index (χ1) is 14.7. The molecule has 4 fully saturated rings. The van der Waals surface area contributed by atoms with Gasteiger partial charge in [-0.1, -0.05) is 27.4 Å². The third-order valence-corrected chi connectivity index (χ3v) is 8.88. The van der Waals surface area contributed by atoms with E-state index in [1.165, 1.54) is 13.8 Å². The number of carbonyl (C=O) groups is 4. The zero-order chi connectivity index (χ0) is 24.0. The molecule has 0 aromatic heterocycles. The summed E-state index contributed by atoms with van der Waals surface area (Å²) in [6.45, 7) is 11.7. The van der Waals surface area contributed by atoms with E-state index >= 15 is 0 Å². The fraction of sp³-hybridized carbons (Fsp3) is 0.750. The zero-order valence-electron chi connectivity index (χ0n) is 19.2. The molecule has 3 unspecified atom stereocenters. The second-order valence-corrected chi connectivity index (χ2v) is 10.9. The Bertz CT molecular complexity index is 921. The molecule has 0 heterocycles. The van der Waals surface area contributed by atoms with Gasteiger partial charge < -0.3 is 19.7 Å². The van der Waals surface area contributed by atoms with Gasteiger partial charge in [0, 0.05) is 42.9 Å². The Morgan fingerprint density at radius 2 is 1.62 bits per heavy atom. The van der Waals surface area contributed by atoms with Gasteiger partial charge in [0.05, 0.1) is 17.6 Å². The predicted molar refractivity (Wildman–Crippen MR) is 111 cm³/mol. The Labute approximate surface area is 187 Å². The molecule has 2 bridgehead atoms. The van der Waals surface area contributed by atoms with Gasteiger partial charge in [0.1, 0.15) is 6.10 Å². The summed E-state index contributed by atoms with van der Waals surface area (Å²) in [4.78, 5) is 51.5. The van der Waals surface area contributed by atoms with Crippen molar-refractivity contribution in [1.29, 1.82) is 0 Å². The van der Waals surface area contributed by atoms with Crippen LogP contribution in [0.4, 0.5) is 0 Å². The number of aliphatic hydroxyl groups excluding tert-OH is 2. The van der Waals surface area contributed by atoms with E-state index in [-0.39, 0.29) is 24.5 Å². The number of carbonyl (C=O) groups excluding carboxylic acids is 4. The quantitative estimate of drug-likeness (QED) is 0.479. The zero-order valence-corrected chi connectivity index (χ0v) is 19.2. The van der Waals surface area contributed by atoms with Crippen LogP contribution in [0.5, 0.6) is 0 Å². The van der Waals surface area contributed by atoms with E-state index in [9.17, 15) is 29.4 Å². The van der Waals surface area contributed by atoms with E-state index in [1.54, 1.807) is 20.8 Å². The number of ketones is 2. The van der Waals surface area contributed by atoms with E-state index in [0.29, 0.717) is 12.0 Å². The average molecular weight is 449 g/mol. The van der Waals surface area contributed by atoms with Crippen LogP contribution < -0.4 is 0 Å². The molecule has 0 aromatic carbocycles. The standard InChI is InChI=1S/C24H32O8/c1-10-13-7-14(27)18-23(6)15(28)8-16(31-11(2)25)22(4,5)19(23)17(29)21(32-12(3)26)24(18,9-13)20(10)30/h13-16,18-19,21,27-28H,1,7-9H2,2-6H3/t13?,14-,15?,16-,18-,19+,21-,23?,24-/m0/s1. The highest BCUT2D eigenvalue weighted by Crippen LogP contribution is 2.70. The van der Waals surface area contributed by atoms with E-state index in [4.69, 9.17) is 9.47 Å². The van der Waals surface area contributed by atoms with Crippen molar-refractivity contribution < 1.29 is 38.9 Å². The molecule has 0 aliphatic heterocycles. The summed E-state index contributed by atoms with van der Waals surface area (Å²) in [5.41, 5.74) is -3.26. The number of Topliss-reactive ketones (excluding diaryl/α,β-unsaturated/α-hetero) is 2. The maximum Gasteiger partial charge on any atom is 0.303 e. The number of fused-ring (bicyclic) bond motifs is 3. The van der Waals surface area contributed by atoms with E-state index in [1.807, 2.05) is 0 Å². The van der Waals surface area contributed by atoms with Crippen molar-refractivity contribution in [1.82, 2.24) is 0 Å². The summed E-state index contributed by atoms with van der Waals surface area (Å²) < 4.78 is 11.0. The summed E-state index contributed by atoms with van der Waals surface area (Å²) in [6.07, 6.45) is -3.65. The molecule has 4 rings (SSSR count). The Kier molecular flexibility index (Phi) is 5.03. The van der Waals surface area contributed by atoms with Crippen molar-refractivity contribution in [2.45, 2.75) is 78.3 Å². The minimum atomic E-state index is -1.46. The largest absolute Gasteiger partial charge is 0.462 e. The second-order valence-electron chi connectivity index (χ2n) is 10.9. The van der Waals surface area contributed by atoms with Crippen molar-refractivity contribution >= 4 is 23.5 Å². The molecule has 0 radical (unpaired) electrons. The second kappa shape index (κ2) is 6.97. The summed E-state index contributed by atoms with van der Waals surface area (Å²) in [7, 11) is 0. The number of allylic oxidation sites excluding steroid dienone is 1. The molecule has 4 aliphatic rings. The van der Waals surface area contributed by atoms with Crippen molar-refractivity contribution in [2.24, 2.45) is 34.0 Å². The lowest BCUT2D eigenvalue weighted by molar-refractivity contribution is -0.259. The normalized spacial score (nSPS) is 46.8. The maximum atomic E-state index is 14.1. The lowest BCUT2D eigenvalue weighted by Crippen LogP contribution is -2.75. The Morgan fingerprint density at radius 3 is 2.19 bits per heavy atom. The minimum Gasteiger partial charge on any atom is -0.462 e. The first kappa shape index (κ1) is 23.1. The number of hydrogen-bond acceptors (Lipinski definition) is 8. The number of rotatable bonds is 2. The predicted octanol–water partition coefficient (Wildman–Crippen LogP) is 1.36. The molecule has 2 N–H and O–H groups in total. The lowest BCUT2D eigenvalue weighted by atomic mass is 9.38. The van der Waals surface area contributed by atoms with Gasteiger partial charge in [-0.3, -0.25) is 19.2 Å². The molecule has 4 saturated carbocycles. The molecule has 4 aliphatic carbocycles. The van der Waals surface area contributed by atoms with E-state index in [2.05, 4.69) is 6.58 Å². The summed E-state index contributed by atoms with van der Waals surface area (Å²) in [5, 5.41) is 22.7. The van der Waals surface area contributed by atoms with Crippen LogP contribution in [-0.2, 0) is 28.7 Å². The fourth-order valence-corrected chi connectivity index (χ4v) is 7.87. The Morgan fingerprint density at radius 1 is 1.03 bits per heavy atom. The van der Waals surface area contributed by atoms with Crippen molar-refractivity contribution in [3.8, 4) is 0 Å². The first-order valence-electron chi connectivity index (χ1n) is 11.2. The highest BCUT2D eigenvalue weighted by Gasteiger charge is 2.78. The van der Waals surface area contributed by atoms with E-state index in [0.717, 1.165) is 0 Å². The van der Waals surface area contributed by atoms with Crippen molar-refractivity contribution in [3.05, 3.63) is 12.2 Å².